The Balaban J connectivity index is 1.31. The summed E-state index contributed by atoms with van der Waals surface area (Å²) in [5, 5.41) is 4.84. The van der Waals surface area contributed by atoms with Gasteiger partial charge in [-0.25, -0.2) is 5.43 Å². The van der Waals surface area contributed by atoms with Crippen molar-refractivity contribution in [3.05, 3.63) is 124 Å². The van der Waals surface area contributed by atoms with E-state index in [9.17, 15) is 4.79 Å². The van der Waals surface area contributed by atoms with Gasteiger partial charge < -0.3 is 9.47 Å². The highest BCUT2D eigenvalue weighted by Gasteiger charge is 2.08. The first kappa shape index (κ1) is 26.3. The van der Waals surface area contributed by atoms with Crippen LogP contribution in [0.1, 0.15) is 34.0 Å². The monoisotopic (exact) mass is 530 g/mol. The molecule has 4 aromatic rings. The summed E-state index contributed by atoms with van der Waals surface area (Å²) >= 11 is 7.65. The zero-order valence-corrected chi connectivity index (χ0v) is 22.0. The SMILES string of the molecule is CCOc1cc(/C=N\NC(=O)c2ccc(CSc3ccc(Cl)cc3)cc2)ccc1OCc1ccccc1. The molecule has 4 aromatic carbocycles. The van der Waals surface area contributed by atoms with Crippen molar-refractivity contribution in [3.8, 4) is 11.5 Å². The summed E-state index contributed by atoms with van der Waals surface area (Å²) in [7, 11) is 0. The second-order valence-corrected chi connectivity index (χ2v) is 9.54. The predicted molar refractivity (Wildman–Crippen MR) is 151 cm³/mol. The number of hydrogen-bond donors (Lipinski definition) is 1. The molecular formula is C30H27ClN2O3S. The topological polar surface area (TPSA) is 59.9 Å². The Hall–Kier alpha value is -3.74. The standard InChI is InChI=1S/C30H27ClN2O3S/c1-2-35-29-18-24(10-17-28(29)36-20-22-6-4-3-5-7-22)19-32-33-30(34)25-11-8-23(9-12-25)21-37-27-15-13-26(31)14-16-27/h3-19H,2,20-21H2,1H3,(H,33,34)/b32-19-. The van der Waals surface area contributed by atoms with Crippen molar-refractivity contribution < 1.29 is 14.3 Å². The Labute approximate surface area is 226 Å². The van der Waals surface area contributed by atoms with Gasteiger partial charge in [0.1, 0.15) is 6.61 Å². The molecule has 0 unspecified atom stereocenters. The van der Waals surface area contributed by atoms with Crippen molar-refractivity contribution >= 4 is 35.5 Å². The first-order chi connectivity index (χ1) is 18.1. The van der Waals surface area contributed by atoms with Crippen molar-refractivity contribution in [3.63, 3.8) is 0 Å². The van der Waals surface area contributed by atoms with Gasteiger partial charge in [0.15, 0.2) is 11.5 Å². The number of thioether (sulfide) groups is 1. The van der Waals surface area contributed by atoms with E-state index in [1.165, 1.54) is 0 Å². The van der Waals surface area contributed by atoms with Crippen molar-refractivity contribution in [1.82, 2.24) is 5.43 Å². The minimum atomic E-state index is -0.277. The summed E-state index contributed by atoms with van der Waals surface area (Å²) < 4.78 is 11.7. The minimum Gasteiger partial charge on any atom is -0.490 e. The predicted octanol–water partition coefficient (Wildman–Crippen LogP) is 7.37. The molecule has 4 rings (SSSR count). The Morgan fingerprint density at radius 1 is 0.892 bits per heavy atom. The molecule has 0 aliphatic carbocycles. The summed E-state index contributed by atoms with van der Waals surface area (Å²) in [6, 6.07) is 30.8. The molecule has 37 heavy (non-hydrogen) atoms. The molecule has 5 nitrogen and oxygen atoms in total. The molecule has 1 amide bonds. The fraction of sp³-hybridized carbons (Fsp3) is 0.133. The van der Waals surface area contributed by atoms with E-state index in [2.05, 4.69) is 10.5 Å². The maximum absolute atomic E-state index is 12.5. The number of nitrogens with one attached hydrogen (secondary N) is 1. The fourth-order valence-electron chi connectivity index (χ4n) is 3.41. The third kappa shape index (κ3) is 8.13. The highest BCUT2D eigenvalue weighted by molar-refractivity contribution is 7.98. The summed E-state index contributed by atoms with van der Waals surface area (Å²) in [6.45, 7) is 2.87. The van der Waals surface area contributed by atoms with Crippen LogP contribution in [0.5, 0.6) is 11.5 Å². The molecule has 7 heteroatoms. The number of nitrogens with zero attached hydrogens (tertiary/aromatic N) is 1. The Morgan fingerprint density at radius 2 is 1.65 bits per heavy atom. The van der Waals surface area contributed by atoms with E-state index in [1.807, 2.05) is 91.9 Å². The van der Waals surface area contributed by atoms with E-state index in [0.29, 0.717) is 30.3 Å². The molecule has 0 heterocycles. The summed E-state index contributed by atoms with van der Waals surface area (Å²) in [4.78, 5) is 13.7. The Bertz CT molecular complexity index is 1330. The van der Waals surface area contributed by atoms with Crippen LogP contribution in [0.2, 0.25) is 5.02 Å². The molecule has 0 aliphatic heterocycles. The van der Waals surface area contributed by atoms with Gasteiger partial charge in [-0.1, -0.05) is 54.1 Å². The van der Waals surface area contributed by atoms with Crippen LogP contribution in [0.3, 0.4) is 0 Å². The van der Waals surface area contributed by atoms with E-state index in [-0.39, 0.29) is 5.91 Å². The van der Waals surface area contributed by atoms with E-state index < -0.39 is 0 Å². The highest BCUT2D eigenvalue weighted by Crippen LogP contribution is 2.29. The molecule has 0 saturated heterocycles. The van der Waals surface area contributed by atoms with Crippen LogP contribution in [-0.2, 0) is 12.4 Å². The van der Waals surface area contributed by atoms with Crippen LogP contribution in [-0.4, -0.2) is 18.7 Å². The van der Waals surface area contributed by atoms with Crippen molar-refractivity contribution in [2.24, 2.45) is 5.10 Å². The van der Waals surface area contributed by atoms with Gasteiger partial charge in [0.25, 0.3) is 5.91 Å². The molecule has 0 aliphatic rings. The van der Waals surface area contributed by atoms with E-state index in [4.69, 9.17) is 21.1 Å². The average Bonchev–Trinajstić information content (AvgIpc) is 2.93. The molecule has 0 saturated carbocycles. The highest BCUT2D eigenvalue weighted by atomic mass is 35.5. The van der Waals surface area contributed by atoms with Gasteiger partial charge in [0.05, 0.1) is 12.8 Å². The van der Waals surface area contributed by atoms with Crippen molar-refractivity contribution in [2.45, 2.75) is 24.2 Å². The smallest absolute Gasteiger partial charge is 0.271 e. The van der Waals surface area contributed by atoms with Gasteiger partial charge in [-0.15, -0.1) is 11.8 Å². The first-order valence-corrected chi connectivity index (χ1v) is 13.2. The number of hydrogen-bond acceptors (Lipinski definition) is 5. The molecule has 1 N–H and O–H groups in total. The molecule has 188 valence electrons. The number of hydrazone groups is 1. The lowest BCUT2D eigenvalue weighted by atomic mass is 10.1. The molecule has 0 radical (unpaired) electrons. The summed E-state index contributed by atoms with van der Waals surface area (Å²) in [5.74, 6) is 1.80. The van der Waals surface area contributed by atoms with E-state index in [0.717, 1.165) is 32.4 Å². The van der Waals surface area contributed by atoms with E-state index in [1.54, 1.807) is 30.1 Å². The Kier molecular flexibility index (Phi) is 9.63. The lowest BCUT2D eigenvalue weighted by Gasteiger charge is -2.12. The van der Waals surface area contributed by atoms with Crippen LogP contribution in [0.4, 0.5) is 0 Å². The molecule has 0 spiro atoms. The maximum Gasteiger partial charge on any atom is 0.271 e. The third-order valence-corrected chi connectivity index (χ3v) is 6.65. The van der Waals surface area contributed by atoms with Crippen LogP contribution < -0.4 is 14.9 Å². The number of rotatable bonds is 11. The van der Waals surface area contributed by atoms with Crippen LogP contribution in [0.25, 0.3) is 0 Å². The maximum atomic E-state index is 12.5. The van der Waals surface area contributed by atoms with Gasteiger partial charge in [-0.05, 0) is 78.2 Å². The molecule has 0 aromatic heterocycles. The van der Waals surface area contributed by atoms with Crippen molar-refractivity contribution in [1.29, 1.82) is 0 Å². The van der Waals surface area contributed by atoms with Gasteiger partial charge in [0.2, 0.25) is 0 Å². The third-order valence-electron chi connectivity index (χ3n) is 5.32. The van der Waals surface area contributed by atoms with Crippen LogP contribution in [0, 0.1) is 0 Å². The minimum absolute atomic E-state index is 0.277. The van der Waals surface area contributed by atoms with Gasteiger partial charge in [-0.3, -0.25) is 4.79 Å². The second-order valence-electron chi connectivity index (χ2n) is 8.05. The normalized spacial score (nSPS) is 10.9. The largest absolute Gasteiger partial charge is 0.490 e. The number of benzene rings is 4. The Morgan fingerprint density at radius 3 is 2.38 bits per heavy atom. The number of ether oxygens (including phenoxy) is 2. The van der Waals surface area contributed by atoms with Crippen LogP contribution >= 0.6 is 23.4 Å². The summed E-state index contributed by atoms with van der Waals surface area (Å²) in [6.07, 6.45) is 1.58. The number of amides is 1. The molecular weight excluding hydrogens is 504 g/mol. The van der Waals surface area contributed by atoms with Gasteiger partial charge in [-0.2, -0.15) is 5.10 Å². The lowest BCUT2D eigenvalue weighted by molar-refractivity contribution is 0.0955. The molecule has 0 bridgehead atoms. The lowest BCUT2D eigenvalue weighted by Crippen LogP contribution is -2.17. The second kappa shape index (κ2) is 13.5. The van der Waals surface area contributed by atoms with E-state index >= 15 is 0 Å². The average molecular weight is 531 g/mol. The quantitative estimate of drug-likeness (QED) is 0.125. The zero-order chi connectivity index (χ0) is 25.9. The fourth-order valence-corrected chi connectivity index (χ4v) is 4.39. The molecule has 0 atom stereocenters. The first-order valence-electron chi connectivity index (χ1n) is 11.8. The summed E-state index contributed by atoms with van der Waals surface area (Å²) in [5.41, 5.74) is 6.10. The number of carbonyl (C=O) groups excluding carboxylic acids is 1. The van der Waals surface area contributed by atoms with Gasteiger partial charge in [0, 0.05) is 21.2 Å². The van der Waals surface area contributed by atoms with Crippen molar-refractivity contribution in [2.75, 3.05) is 6.61 Å². The number of carbonyl (C=O) groups is 1. The molecule has 0 fully saturated rings. The van der Waals surface area contributed by atoms with Crippen LogP contribution in [0.15, 0.2) is 107 Å². The van der Waals surface area contributed by atoms with Gasteiger partial charge >= 0.3 is 0 Å². The number of halogens is 1. The zero-order valence-electron chi connectivity index (χ0n) is 20.4.